The Morgan fingerprint density at radius 3 is 2.84 bits per heavy atom. The Morgan fingerprint density at radius 2 is 2.21 bits per heavy atom. The number of hydrogen-bond acceptors (Lipinski definition) is 3. The third-order valence-corrected chi connectivity index (χ3v) is 4.15. The number of nitrogens with zero attached hydrogens (tertiary/aromatic N) is 1. The Balaban J connectivity index is 1.99. The molecule has 0 aliphatic carbocycles. The van der Waals surface area contributed by atoms with E-state index in [0.717, 1.165) is 24.9 Å². The first-order valence-corrected chi connectivity index (χ1v) is 7.70. The number of carbonyl (C=O) groups is 1. The fourth-order valence-electron chi connectivity index (χ4n) is 2.29. The molecule has 1 aliphatic heterocycles. The van der Waals surface area contributed by atoms with Crippen molar-refractivity contribution in [2.24, 2.45) is 0 Å². The number of amides is 1. The van der Waals surface area contributed by atoms with Crippen LogP contribution in [0.2, 0.25) is 0 Å². The van der Waals surface area contributed by atoms with E-state index in [9.17, 15) is 9.90 Å². The summed E-state index contributed by atoms with van der Waals surface area (Å²) in [5.74, 6) is -0.00880. The van der Waals surface area contributed by atoms with Crippen molar-refractivity contribution in [1.29, 1.82) is 0 Å². The second kappa shape index (κ2) is 6.78. The molecule has 0 unspecified atom stereocenters. The molecule has 1 aliphatic rings. The molecule has 0 saturated carbocycles. The summed E-state index contributed by atoms with van der Waals surface area (Å²) in [5, 5.41) is 9.21. The smallest absolute Gasteiger partial charge is 0.246 e. The zero-order chi connectivity index (χ0) is 13.7. The third kappa shape index (κ3) is 3.61. The van der Waals surface area contributed by atoms with Crippen molar-refractivity contribution in [3.05, 3.63) is 35.9 Å². The van der Waals surface area contributed by atoms with Gasteiger partial charge in [0, 0.05) is 17.5 Å². The summed E-state index contributed by atoms with van der Waals surface area (Å²) < 4.78 is 0. The molecule has 102 valence electrons. The predicted octanol–water partition coefficient (Wildman–Crippen LogP) is 2.41. The second-order valence-electron chi connectivity index (χ2n) is 4.62. The molecule has 1 amide bonds. The van der Waals surface area contributed by atoms with E-state index in [2.05, 4.69) is 0 Å². The molecular weight excluding hydrogens is 258 g/mol. The lowest BCUT2D eigenvalue weighted by Crippen LogP contribution is -2.36. The molecule has 1 saturated heterocycles. The van der Waals surface area contributed by atoms with Crippen molar-refractivity contribution in [1.82, 2.24) is 4.90 Å². The van der Waals surface area contributed by atoms with Crippen LogP contribution in [0.3, 0.4) is 0 Å². The largest absolute Gasteiger partial charge is 0.394 e. The number of aliphatic hydroxyl groups excluding tert-OH is 1. The monoisotopic (exact) mass is 277 g/mol. The summed E-state index contributed by atoms with van der Waals surface area (Å²) in [6.45, 7) is 0.807. The molecule has 3 nitrogen and oxygen atoms in total. The fraction of sp³-hybridized carbons (Fsp3) is 0.400. The molecule has 0 aromatic heterocycles. The number of benzene rings is 1. The first kappa shape index (κ1) is 14.2. The number of aliphatic hydroxyl groups is 1. The summed E-state index contributed by atoms with van der Waals surface area (Å²) in [5.41, 5.74) is 1.02. The summed E-state index contributed by atoms with van der Waals surface area (Å²) in [6.07, 6.45) is 7.35. The first-order valence-electron chi connectivity index (χ1n) is 6.48. The van der Waals surface area contributed by atoms with Gasteiger partial charge >= 0.3 is 0 Å². The van der Waals surface area contributed by atoms with Gasteiger partial charge in [-0.1, -0.05) is 12.1 Å². The SMILES string of the molecule is CSc1ccc(/C=C/C(=O)N2CCC[C@@H]2CO)cc1. The highest BCUT2D eigenvalue weighted by molar-refractivity contribution is 7.98. The van der Waals surface area contributed by atoms with E-state index in [1.54, 1.807) is 22.7 Å². The van der Waals surface area contributed by atoms with Crippen molar-refractivity contribution in [2.45, 2.75) is 23.8 Å². The minimum absolute atomic E-state index is 0.00369. The molecule has 1 aromatic carbocycles. The van der Waals surface area contributed by atoms with Gasteiger partial charge < -0.3 is 10.0 Å². The van der Waals surface area contributed by atoms with Crippen LogP contribution in [0, 0.1) is 0 Å². The topological polar surface area (TPSA) is 40.5 Å². The van der Waals surface area contributed by atoms with Crippen LogP contribution in [-0.4, -0.2) is 41.4 Å². The quantitative estimate of drug-likeness (QED) is 0.678. The van der Waals surface area contributed by atoms with Gasteiger partial charge in [0.15, 0.2) is 0 Å². The van der Waals surface area contributed by atoms with Crippen LogP contribution < -0.4 is 0 Å². The zero-order valence-electron chi connectivity index (χ0n) is 11.1. The van der Waals surface area contributed by atoms with Crippen LogP contribution in [0.15, 0.2) is 35.2 Å². The fourth-order valence-corrected chi connectivity index (χ4v) is 2.70. The number of carbonyl (C=O) groups excluding carboxylic acids is 1. The summed E-state index contributed by atoms with van der Waals surface area (Å²) in [6, 6.07) is 8.09. The molecule has 1 aromatic rings. The molecule has 19 heavy (non-hydrogen) atoms. The summed E-state index contributed by atoms with van der Waals surface area (Å²) in [4.78, 5) is 15.0. The Morgan fingerprint density at radius 1 is 1.47 bits per heavy atom. The van der Waals surface area contributed by atoms with E-state index in [-0.39, 0.29) is 18.6 Å². The molecule has 0 bridgehead atoms. The van der Waals surface area contributed by atoms with Gasteiger partial charge in [-0.05, 0) is 42.9 Å². The molecule has 1 fully saturated rings. The number of rotatable bonds is 4. The van der Waals surface area contributed by atoms with Crippen LogP contribution in [0.1, 0.15) is 18.4 Å². The van der Waals surface area contributed by atoms with Crippen molar-refractivity contribution in [2.75, 3.05) is 19.4 Å². The van der Waals surface area contributed by atoms with E-state index >= 15 is 0 Å². The third-order valence-electron chi connectivity index (χ3n) is 3.41. The Kier molecular flexibility index (Phi) is 5.05. The van der Waals surface area contributed by atoms with Gasteiger partial charge in [0.25, 0.3) is 0 Å². The van der Waals surface area contributed by atoms with Gasteiger partial charge in [-0.15, -0.1) is 11.8 Å². The number of hydrogen-bond donors (Lipinski definition) is 1. The lowest BCUT2D eigenvalue weighted by molar-refractivity contribution is -0.127. The molecular formula is C15H19NO2S. The zero-order valence-corrected chi connectivity index (χ0v) is 11.9. The maximum Gasteiger partial charge on any atom is 0.246 e. The highest BCUT2D eigenvalue weighted by atomic mass is 32.2. The minimum atomic E-state index is -0.00880. The summed E-state index contributed by atoms with van der Waals surface area (Å²) in [7, 11) is 0. The van der Waals surface area contributed by atoms with Gasteiger partial charge in [0.05, 0.1) is 12.6 Å². The van der Waals surface area contributed by atoms with E-state index in [4.69, 9.17) is 0 Å². The van der Waals surface area contributed by atoms with Gasteiger partial charge in [-0.25, -0.2) is 0 Å². The molecule has 0 radical (unpaired) electrons. The van der Waals surface area contributed by atoms with E-state index < -0.39 is 0 Å². The van der Waals surface area contributed by atoms with E-state index in [1.165, 1.54) is 4.90 Å². The molecule has 2 rings (SSSR count). The Bertz CT molecular complexity index is 456. The molecule has 1 heterocycles. The van der Waals surface area contributed by atoms with Crippen LogP contribution in [-0.2, 0) is 4.79 Å². The lowest BCUT2D eigenvalue weighted by Gasteiger charge is -2.21. The standard InChI is InChI=1S/C15H19NO2S/c1-19-14-7-4-12(5-8-14)6-9-15(18)16-10-2-3-13(16)11-17/h4-9,13,17H,2-3,10-11H2,1H3/b9-6+/t13-/m1/s1. The van der Waals surface area contributed by atoms with Crippen LogP contribution >= 0.6 is 11.8 Å². The second-order valence-corrected chi connectivity index (χ2v) is 5.50. The highest BCUT2D eigenvalue weighted by Crippen LogP contribution is 2.18. The first-order chi connectivity index (χ1) is 9.24. The van der Waals surface area contributed by atoms with Crippen LogP contribution in [0.25, 0.3) is 6.08 Å². The van der Waals surface area contributed by atoms with Crippen LogP contribution in [0.4, 0.5) is 0 Å². The predicted molar refractivity (Wildman–Crippen MR) is 79.1 cm³/mol. The lowest BCUT2D eigenvalue weighted by atomic mass is 10.2. The molecule has 0 spiro atoms. The van der Waals surface area contributed by atoms with Gasteiger partial charge in [-0.3, -0.25) is 4.79 Å². The molecule has 1 atom stereocenters. The Labute approximate surface area is 118 Å². The Hall–Kier alpha value is -1.26. The van der Waals surface area contributed by atoms with Crippen molar-refractivity contribution >= 4 is 23.7 Å². The molecule has 1 N–H and O–H groups in total. The average Bonchev–Trinajstić information content (AvgIpc) is 2.93. The van der Waals surface area contributed by atoms with E-state index in [1.807, 2.05) is 36.6 Å². The van der Waals surface area contributed by atoms with Crippen molar-refractivity contribution in [3.8, 4) is 0 Å². The van der Waals surface area contributed by atoms with Crippen molar-refractivity contribution < 1.29 is 9.90 Å². The van der Waals surface area contributed by atoms with Crippen molar-refractivity contribution in [3.63, 3.8) is 0 Å². The maximum absolute atomic E-state index is 12.0. The maximum atomic E-state index is 12.0. The number of thioether (sulfide) groups is 1. The van der Waals surface area contributed by atoms with Gasteiger partial charge in [0.2, 0.25) is 5.91 Å². The van der Waals surface area contributed by atoms with Gasteiger partial charge in [0.1, 0.15) is 0 Å². The van der Waals surface area contributed by atoms with Crippen LogP contribution in [0.5, 0.6) is 0 Å². The molecule has 4 heteroatoms. The highest BCUT2D eigenvalue weighted by Gasteiger charge is 2.26. The normalized spacial score (nSPS) is 19.3. The van der Waals surface area contributed by atoms with E-state index in [0.29, 0.717) is 0 Å². The van der Waals surface area contributed by atoms with Gasteiger partial charge in [-0.2, -0.15) is 0 Å². The minimum Gasteiger partial charge on any atom is -0.394 e. The average molecular weight is 277 g/mol. The summed E-state index contributed by atoms with van der Waals surface area (Å²) >= 11 is 1.70. The number of likely N-dealkylation sites (tertiary alicyclic amines) is 1.